The maximum absolute atomic E-state index is 13.1. The number of nitrogens with zero attached hydrogens (tertiary/aromatic N) is 4. The molecule has 20 nitrogen and oxygen atoms in total. The summed E-state index contributed by atoms with van der Waals surface area (Å²) in [6.45, 7) is 16.4. The summed E-state index contributed by atoms with van der Waals surface area (Å²) in [7, 11) is 3.17. The zero-order valence-electron chi connectivity index (χ0n) is 41.7. The molecule has 7 N–H and O–H groups in total. The van der Waals surface area contributed by atoms with E-state index in [1.807, 2.05) is 51.1 Å². The minimum absolute atomic E-state index is 0.0148. The molecule has 68 heavy (non-hydrogen) atoms. The topological polar surface area (TPSA) is 270 Å². The van der Waals surface area contributed by atoms with Gasteiger partial charge in [0.1, 0.15) is 17.8 Å². The number of likely N-dealkylation sites (N-methyl/N-ethyl adjacent to an activating group) is 1. The molecule has 378 valence electrons. The van der Waals surface area contributed by atoms with Crippen LogP contribution in [-0.4, -0.2) is 138 Å². The smallest absolute Gasteiger partial charge is 0.321 e. The zero-order chi connectivity index (χ0) is 51.2. The van der Waals surface area contributed by atoms with Gasteiger partial charge in [-0.15, -0.1) is 0 Å². The number of Topliss-reactive ketones (excluding diaryl/α,β-unsaturated/α-hetero) is 1. The molecule has 0 radical (unpaired) electrons. The number of para-hydroxylation sites is 1. The molecule has 1 unspecified atom stereocenters. The summed E-state index contributed by atoms with van der Waals surface area (Å²) >= 11 is 0. The predicted octanol–water partition coefficient (Wildman–Crippen LogP) is 3.06. The van der Waals surface area contributed by atoms with Gasteiger partial charge in [-0.1, -0.05) is 99.3 Å². The van der Waals surface area contributed by atoms with E-state index in [2.05, 4.69) is 81.8 Å². The number of ketones is 1. The number of nitrogens with one attached hydrogen (secondary N) is 7. The minimum atomic E-state index is -0.978. The van der Waals surface area contributed by atoms with Crippen LogP contribution in [0.3, 0.4) is 0 Å². The molecule has 1 aromatic heterocycles. The van der Waals surface area contributed by atoms with Crippen LogP contribution >= 0.6 is 0 Å². The lowest BCUT2D eigenvalue weighted by atomic mass is 9.83. The number of aromatic nitrogens is 2. The van der Waals surface area contributed by atoms with Gasteiger partial charge in [-0.25, -0.2) is 9.78 Å². The molecule has 20 heteroatoms. The highest BCUT2D eigenvalue weighted by atomic mass is 16.2. The van der Waals surface area contributed by atoms with E-state index in [1.54, 1.807) is 19.0 Å². The Balaban J connectivity index is 0.000000657. The molecule has 0 bridgehead atoms. The molecule has 1 saturated carbocycles. The molecule has 9 amide bonds. The van der Waals surface area contributed by atoms with Gasteiger partial charge in [0.05, 0.1) is 31.9 Å². The summed E-state index contributed by atoms with van der Waals surface area (Å²) in [6.07, 6.45) is 11.0. The van der Waals surface area contributed by atoms with E-state index in [9.17, 15) is 43.2 Å². The molecule has 4 rings (SSSR count). The van der Waals surface area contributed by atoms with Crippen LogP contribution in [0.15, 0.2) is 48.9 Å². The first-order valence-electron chi connectivity index (χ1n) is 23.5. The van der Waals surface area contributed by atoms with Gasteiger partial charge in [0.25, 0.3) is 11.8 Å². The lowest BCUT2D eigenvalue weighted by molar-refractivity contribution is -0.138. The lowest BCUT2D eigenvalue weighted by Crippen LogP contribution is -2.53. The van der Waals surface area contributed by atoms with Gasteiger partial charge in [0.15, 0.2) is 0 Å². The molecule has 1 aliphatic heterocycles. The predicted molar refractivity (Wildman–Crippen MR) is 260 cm³/mol. The zero-order valence-corrected chi connectivity index (χ0v) is 41.7. The fraction of sp³-hybridized carbons (Fsp3) is 0.604. The second kappa shape index (κ2) is 33.1. The second-order valence-corrected chi connectivity index (χ2v) is 18.0. The Labute approximate surface area is 402 Å². The van der Waals surface area contributed by atoms with E-state index in [0.717, 1.165) is 38.0 Å². The van der Waals surface area contributed by atoms with E-state index >= 15 is 0 Å². The van der Waals surface area contributed by atoms with Crippen LogP contribution in [-0.2, 0) is 33.6 Å². The Morgan fingerprint density at radius 2 is 1.44 bits per heavy atom. The number of hydrogen-bond donors (Lipinski definition) is 7. The van der Waals surface area contributed by atoms with Gasteiger partial charge in [0.2, 0.25) is 35.8 Å². The van der Waals surface area contributed by atoms with Crippen molar-refractivity contribution in [1.29, 1.82) is 0 Å². The Morgan fingerprint density at radius 3 is 2.00 bits per heavy atom. The summed E-state index contributed by atoms with van der Waals surface area (Å²) in [5, 5.41) is 18.0. The van der Waals surface area contributed by atoms with Crippen molar-refractivity contribution in [3.05, 3.63) is 54.6 Å². The molecule has 1 saturated heterocycles. The molecular formula is C48H77N11O9. The van der Waals surface area contributed by atoms with Crippen LogP contribution in [0.1, 0.15) is 111 Å². The molecular weight excluding hydrogens is 875 g/mol. The summed E-state index contributed by atoms with van der Waals surface area (Å²) in [4.78, 5) is 119. The minimum Gasteiger partial charge on any atom is -0.351 e. The highest BCUT2D eigenvalue weighted by Crippen LogP contribution is 2.27. The average Bonchev–Trinajstić information content (AvgIpc) is 3.67. The SMILES string of the molecule is CC(C)C.CC(C)C[C@H](NC(=O)CNC(=O)C(=O)CNC=O)C(=O)N(C)C.CCC.C[C@@H]1CN(C(=O)Nc2ccccc2)C[C@@H]1NC(=O)CNC(=O)C(NC(=O)c1cnccn1)C1CCCCC1. The number of anilines is 1. The van der Waals surface area contributed by atoms with E-state index in [4.69, 9.17) is 0 Å². The Morgan fingerprint density at radius 1 is 0.824 bits per heavy atom. The first-order valence-corrected chi connectivity index (χ1v) is 23.5. The summed E-state index contributed by atoms with van der Waals surface area (Å²) < 4.78 is 0. The van der Waals surface area contributed by atoms with Gasteiger partial charge in [-0.05, 0) is 55.1 Å². The van der Waals surface area contributed by atoms with Crippen molar-refractivity contribution in [2.24, 2.45) is 23.7 Å². The fourth-order valence-electron chi connectivity index (χ4n) is 6.80. The van der Waals surface area contributed by atoms with E-state index in [-0.39, 0.29) is 53.9 Å². The van der Waals surface area contributed by atoms with Crippen molar-refractivity contribution >= 4 is 59.4 Å². The largest absolute Gasteiger partial charge is 0.351 e. The molecule has 2 fully saturated rings. The van der Waals surface area contributed by atoms with Crippen molar-refractivity contribution in [2.45, 2.75) is 118 Å². The monoisotopic (exact) mass is 952 g/mol. The van der Waals surface area contributed by atoms with Crippen LogP contribution in [0.25, 0.3) is 0 Å². The Bertz CT molecular complexity index is 1880. The summed E-state index contributed by atoms with van der Waals surface area (Å²) in [6, 6.07) is 7.29. The molecule has 1 aliphatic carbocycles. The van der Waals surface area contributed by atoms with Crippen LogP contribution in [0.4, 0.5) is 10.5 Å². The summed E-state index contributed by atoms with van der Waals surface area (Å²) in [5.41, 5.74) is 0.842. The number of hydrogen-bond acceptors (Lipinski definition) is 11. The number of urea groups is 1. The van der Waals surface area contributed by atoms with Gasteiger partial charge in [0, 0.05) is 45.3 Å². The molecule has 2 aromatic rings. The third kappa shape index (κ3) is 24.3. The highest BCUT2D eigenvalue weighted by molar-refractivity contribution is 6.37. The number of benzene rings is 1. The van der Waals surface area contributed by atoms with Crippen LogP contribution in [0.5, 0.6) is 0 Å². The van der Waals surface area contributed by atoms with Crippen molar-refractivity contribution in [3.63, 3.8) is 0 Å². The molecule has 2 heterocycles. The maximum atomic E-state index is 13.1. The first-order chi connectivity index (χ1) is 32.2. The Kier molecular flexibility index (Phi) is 29.0. The summed E-state index contributed by atoms with van der Waals surface area (Å²) in [5.74, 6) is -2.81. The second-order valence-electron chi connectivity index (χ2n) is 18.0. The van der Waals surface area contributed by atoms with Gasteiger partial charge >= 0.3 is 6.03 Å². The number of likely N-dealkylation sites (tertiary alicyclic amines) is 1. The lowest BCUT2D eigenvalue weighted by Gasteiger charge is -2.30. The average molecular weight is 952 g/mol. The number of rotatable bonds is 18. The van der Waals surface area contributed by atoms with Gasteiger partial charge < -0.3 is 47.0 Å². The third-order valence-electron chi connectivity index (χ3n) is 9.97. The van der Waals surface area contributed by atoms with Gasteiger partial charge in [-0.3, -0.25) is 43.3 Å². The van der Waals surface area contributed by atoms with E-state index in [1.165, 1.54) is 29.9 Å². The van der Waals surface area contributed by atoms with Crippen molar-refractivity contribution in [2.75, 3.05) is 52.1 Å². The van der Waals surface area contributed by atoms with E-state index < -0.39 is 54.6 Å². The Hall–Kier alpha value is -6.47. The molecule has 0 spiro atoms. The quantitative estimate of drug-likeness (QED) is 0.0843. The number of amides is 9. The van der Waals surface area contributed by atoms with Crippen molar-refractivity contribution in [1.82, 2.24) is 51.7 Å². The highest BCUT2D eigenvalue weighted by Gasteiger charge is 2.35. The van der Waals surface area contributed by atoms with Crippen molar-refractivity contribution < 1.29 is 43.2 Å². The third-order valence-corrected chi connectivity index (χ3v) is 9.97. The van der Waals surface area contributed by atoms with Crippen LogP contribution < -0.4 is 37.2 Å². The molecule has 2 aliphatic rings. The van der Waals surface area contributed by atoms with Crippen LogP contribution in [0.2, 0.25) is 0 Å². The molecule has 1 aromatic carbocycles. The normalized spacial score (nSPS) is 16.0. The standard InChI is InChI=1S/C27H35N7O4.C14H24N4O5.C4H10.C3H8/c1-18-16-34(27(38)31-20-10-6-3-7-11-20)17-22(18)32-23(35)15-30-26(37)24(19-8-4-2-5-9-19)33-25(36)21-14-28-12-13-29-21;1-9(2)5-10(14(23)18(3)4)17-12(21)7-16-13(22)11(20)6-15-8-19;1-4(2)3;1-3-2/h3,6-7,10-14,18-19,22,24H,2,4-5,8-9,15-17H2,1H3,(H,30,37)(H,31,38)(H,32,35)(H,33,36);8-10H,5-7H2,1-4H3,(H,15,19)(H,16,22)(H,17,21);4H,1-3H3;3H2,1-2H3/t18-,22+,24?;10-;;/m10../s1. The number of carbonyl (C=O) groups excluding carboxylic acids is 9. The first kappa shape index (κ1) is 59.5. The molecule has 4 atom stereocenters. The number of carbonyl (C=O) groups is 9. The van der Waals surface area contributed by atoms with Crippen LogP contribution in [0, 0.1) is 23.7 Å². The van der Waals surface area contributed by atoms with Gasteiger partial charge in [-0.2, -0.15) is 0 Å². The maximum Gasteiger partial charge on any atom is 0.321 e. The fourth-order valence-corrected chi connectivity index (χ4v) is 6.80. The van der Waals surface area contributed by atoms with E-state index in [0.29, 0.717) is 31.6 Å². The van der Waals surface area contributed by atoms with Crippen molar-refractivity contribution in [3.8, 4) is 0 Å².